The number of H-pyrrole nitrogens is 1. The fraction of sp³-hybridized carbons (Fsp3) is 0.0556. The van der Waals surface area contributed by atoms with Crippen LogP contribution in [-0.2, 0) is 0 Å². The number of rotatable bonds is 4. The van der Waals surface area contributed by atoms with Gasteiger partial charge in [-0.05, 0) is 6.07 Å². The van der Waals surface area contributed by atoms with Crippen molar-refractivity contribution in [2.45, 2.75) is 6.17 Å². The highest BCUT2D eigenvalue weighted by Gasteiger charge is 2.20. The van der Waals surface area contributed by atoms with Crippen molar-refractivity contribution in [3.05, 3.63) is 72.8 Å². The van der Waals surface area contributed by atoms with Gasteiger partial charge in [0.15, 0.2) is 11.6 Å². The summed E-state index contributed by atoms with van der Waals surface area (Å²) in [5.41, 5.74) is 9.68. The Balaban J connectivity index is 1.42. The lowest BCUT2D eigenvalue weighted by atomic mass is 10.1. The zero-order chi connectivity index (χ0) is 18.8. The zero-order valence-electron chi connectivity index (χ0n) is 14.5. The van der Waals surface area contributed by atoms with Gasteiger partial charge >= 0.3 is 0 Å². The Labute approximate surface area is 159 Å². The van der Waals surface area contributed by atoms with Crippen molar-refractivity contribution < 1.29 is 0 Å². The maximum absolute atomic E-state index is 4.67. The van der Waals surface area contributed by atoms with Gasteiger partial charge in [-0.2, -0.15) is 5.10 Å². The number of hydrogen-bond acceptors (Lipinski definition) is 9. The van der Waals surface area contributed by atoms with E-state index in [2.05, 4.69) is 51.0 Å². The second kappa shape index (κ2) is 6.93. The molecule has 4 aromatic rings. The number of aromatic nitrogens is 7. The summed E-state index contributed by atoms with van der Waals surface area (Å²) < 4.78 is 0. The van der Waals surface area contributed by atoms with Gasteiger partial charge < -0.3 is 5.43 Å². The second-order valence-corrected chi connectivity index (χ2v) is 6.04. The molecule has 3 N–H and O–H groups in total. The summed E-state index contributed by atoms with van der Waals surface area (Å²) in [6.45, 7) is 0. The molecule has 0 radical (unpaired) electrons. The van der Waals surface area contributed by atoms with Crippen LogP contribution in [0.3, 0.4) is 0 Å². The van der Waals surface area contributed by atoms with E-state index in [1.165, 1.54) is 12.7 Å². The molecule has 0 aliphatic carbocycles. The lowest BCUT2D eigenvalue weighted by Crippen LogP contribution is -2.31. The molecule has 3 aromatic heterocycles. The Bertz CT molecular complexity index is 1120. The number of benzene rings is 1. The van der Waals surface area contributed by atoms with Gasteiger partial charge in [0.1, 0.15) is 24.7 Å². The molecule has 0 bridgehead atoms. The fourth-order valence-corrected chi connectivity index (χ4v) is 2.84. The van der Waals surface area contributed by atoms with Crippen LogP contribution in [0.1, 0.15) is 17.3 Å². The van der Waals surface area contributed by atoms with Crippen LogP contribution in [-0.4, -0.2) is 41.0 Å². The minimum absolute atomic E-state index is 0.241. The van der Waals surface area contributed by atoms with Crippen LogP contribution in [0.5, 0.6) is 0 Å². The number of nitrogens with one attached hydrogen (secondary N) is 3. The van der Waals surface area contributed by atoms with Crippen LogP contribution >= 0.6 is 0 Å². The Morgan fingerprint density at radius 2 is 1.57 bits per heavy atom. The van der Waals surface area contributed by atoms with Gasteiger partial charge in [-0.15, -0.1) is 0 Å². The van der Waals surface area contributed by atoms with E-state index < -0.39 is 0 Å². The van der Waals surface area contributed by atoms with E-state index in [1.807, 2.05) is 24.3 Å². The van der Waals surface area contributed by atoms with Gasteiger partial charge in [0.25, 0.3) is 0 Å². The summed E-state index contributed by atoms with van der Waals surface area (Å²) in [5.74, 6) is 1.93. The van der Waals surface area contributed by atoms with Gasteiger partial charge in [0.05, 0.1) is 5.56 Å². The van der Waals surface area contributed by atoms with Gasteiger partial charge in [-0.3, -0.25) is 5.10 Å². The predicted octanol–water partition coefficient (Wildman–Crippen LogP) is 1.27. The van der Waals surface area contributed by atoms with Crippen LogP contribution < -0.4 is 10.9 Å². The zero-order valence-corrected chi connectivity index (χ0v) is 14.5. The molecular formula is C18H14N10. The normalized spacial score (nSPS) is 15.9. The van der Waals surface area contributed by atoms with Crippen LogP contribution in [0.25, 0.3) is 22.8 Å². The standard InChI is InChI=1S/C18H14N10/c1-2-11(15-23-17(27-25-15)13-5-19-9-20-6-13)4-12(3-1)16-24-18(28-26-16)14-7-21-10-22-8-14/h1-10,17,27H,(H,23,25)(H,24,26,28). The van der Waals surface area contributed by atoms with Gasteiger partial charge in [0.2, 0.25) is 0 Å². The summed E-state index contributed by atoms with van der Waals surface area (Å²) in [4.78, 5) is 25.3. The molecule has 1 aliphatic rings. The van der Waals surface area contributed by atoms with Crippen LogP contribution in [0.4, 0.5) is 0 Å². The number of aliphatic imine (C=N–C) groups is 1. The lowest BCUT2D eigenvalue weighted by molar-refractivity contribution is 0.571. The fourth-order valence-electron chi connectivity index (χ4n) is 2.84. The van der Waals surface area contributed by atoms with Crippen LogP contribution in [0, 0.1) is 0 Å². The van der Waals surface area contributed by atoms with E-state index in [-0.39, 0.29) is 6.17 Å². The molecule has 5 rings (SSSR count). The summed E-state index contributed by atoms with van der Waals surface area (Å²) in [6.07, 6.45) is 9.54. The van der Waals surface area contributed by atoms with Crippen LogP contribution in [0.15, 0.2) is 66.7 Å². The van der Waals surface area contributed by atoms with Crippen molar-refractivity contribution in [1.29, 1.82) is 0 Å². The largest absolute Gasteiger partial charge is 0.303 e. The minimum Gasteiger partial charge on any atom is -0.303 e. The molecule has 0 spiro atoms. The number of nitrogens with zero attached hydrogens (tertiary/aromatic N) is 7. The third-order valence-electron chi connectivity index (χ3n) is 4.20. The topological polar surface area (TPSA) is 130 Å². The van der Waals surface area contributed by atoms with Crippen molar-refractivity contribution in [1.82, 2.24) is 46.0 Å². The molecule has 136 valence electrons. The molecule has 0 amide bonds. The average Bonchev–Trinajstić information content (AvgIpc) is 3.46. The molecule has 1 unspecified atom stereocenters. The number of aromatic amines is 1. The maximum Gasteiger partial charge on any atom is 0.184 e. The van der Waals surface area contributed by atoms with Crippen molar-refractivity contribution >= 4 is 5.84 Å². The second-order valence-electron chi connectivity index (χ2n) is 6.04. The third kappa shape index (κ3) is 3.08. The quantitative estimate of drug-likeness (QED) is 0.490. The Hall–Kier alpha value is -4.05. The molecule has 10 nitrogen and oxygen atoms in total. The number of hydrazine groups is 1. The smallest absolute Gasteiger partial charge is 0.184 e. The molecule has 1 aromatic carbocycles. The third-order valence-corrected chi connectivity index (χ3v) is 4.20. The van der Waals surface area contributed by atoms with Crippen molar-refractivity contribution in [3.8, 4) is 22.8 Å². The highest BCUT2D eigenvalue weighted by Crippen LogP contribution is 2.22. The van der Waals surface area contributed by atoms with Crippen molar-refractivity contribution in [2.75, 3.05) is 0 Å². The maximum atomic E-state index is 4.67. The molecule has 0 saturated carbocycles. The molecule has 1 atom stereocenters. The molecular weight excluding hydrogens is 356 g/mol. The summed E-state index contributed by atoms with van der Waals surface area (Å²) in [5, 5.41) is 7.22. The highest BCUT2D eigenvalue weighted by atomic mass is 15.5. The monoisotopic (exact) mass is 370 g/mol. The molecule has 0 fully saturated rings. The first-order chi connectivity index (χ1) is 13.9. The first-order valence-corrected chi connectivity index (χ1v) is 8.50. The number of hydrogen-bond donors (Lipinski definition) is 3. The van der Waals surface area contributed by atoms with Crippen molar-refractivity contribution in [3.63, 3.8) is 0 Å². The number of amidine groups is 1. The van der Waals surface area contributed by atoms with Gasteiger partial charge in [-0.1, -0.05) is 18.2 Å². The molecule has 28 heavy (non-hydrogen) atoms. The van der Waals surface area contributed by atoms with E-state index in [0.29, 0.717) is 11.6 Å². The Morgan fingerprint density at radius 3 is 2.39 bits per heavy atom. The Kier molecular flexibility index (Phi) is 4.00. The average molecular weight is 370 g/mol. The molecule has 10 heteroatoms. The van der Waals surface area contributed by atoms with E-state index in [9.17, 15) is 0 Å². The first kappa shape index (κ1) is 16.1. The van der Waals surface area contributed by atoms with Gasteiger partial charge in [0, 0.05) is 41.5 Å². The molecule has 1 aliphatic heterocycles. The van der Waals surface area contributed by atoms with E-state index in [1.54, 1.807) is 24.8 Å². The Morgan fingerprint density at radius 1 is 0.821 bits per heavy atom. The minimum atomic E-state index is -0.241. The molecule has 0 saturated heterocycles. The van der Waals surface area contributed by atoms with Crippen LogP contribution in [0.2, 0.25) is 0 Å². The lowest BCUT2D eigenvalue weighted by Gasteiger charge is -2.05. The summed E-state index contributed by atoms with van der Waals surface area (Å²) in [7, 11) is 0. The van der Waals surface area contributed by atoms with E-state index in [4.69, 9.17) is 0 Å². The van der Waals surface area contributed by atoms with Crippen molar-refractivity contribution in [2.24, 2.45) is 4.99 Å². The van der Waals surface area contributed by atoms with Gasteiger partial charge in [-0.25, -0.2) is 35.3 Å². The van der Waals surface area contributed by atoms with E-state index in [0.717, 1.165) is 28.1 Å². The first-order valence-electron chi connectivity index (χ1n) is 8.50. The summed E-state index contributed by atoms with van der Waals surface area (Å²) in [6, 6.07) is 7.87. The highest BCUT2D eigenvalue weighted by molar-refractivity contribution is 6.00. The predicted molar refractivity (Wildman–Crippen MR) is 100 cm³/mol. The van der Waals surface area contributed by atoms with E-state index >= 15 is 0 Å². The SMILES string of the molecule is c1cc(C2=NC(c3cncnc3)NN2)cc(-c2nc(-c3cncnc3)n[nH]2)c1. The molecule has 4 heterocycles. The summed E-state index contributed by atoms with van der Waals surface area (Å²) >= 11 is 0.